The van der Waals surface area contributed by atoms with Crippen molar-refractivity contribution in [3.8, 4) is 6.07 Å². The topological polar surface area (TPSA) is 96.0 Å². The fourth-order valence-corrected chi connectivity index (χ4v) is 1.70. The van der Waals surface area contributed by atoms with E-state index in [1.54, 1.807) is 13.8 Å². The number of halogens is 1. The number of carbonyl (C=O) groups is 1. The highest BCUT2D eigenvalue weighted by molar-refractivity contribution is 5.95. The van der Waals surface area contributed by atoms with Crippen LogP contribution in [0.15, 0.2) is 18.2 Å². The number of hydrogen-bond donors (Lipinski definition) is 1. The second-order valence-corrected chi connectivity index (χ2v) is 4.28. The predicted molar refractivity (Wildman–Crippen MR) is 69.4 cm³/mol. The van der Waals surface area contributed by atoms with Gasteiger partial charge in [0, 0.05) is 11.6 Å². The van der Waals surface area contributed by atoms with Crippen molar-refractivity contribution in [2.75, 3.05) is 0 Å². The summed E-state index contributed by atoms with van der Waals surface area (Å²) < 4.78 is 13.2. The van der Waals surface area contributed by atoms with Crippen LogP contribution in [0.2, 0.25) is 0 Å². The molecule has 1 N–H and O–H groups in total. The third-order valence-electron chi connectivity index (χ3n) is 3.18. The molecule has 0 radical (unpaired) electrons. The van der Waals surface area contributed by atoms with E-state index in [2.05, 4.69) is 5.32 Å². The molecule has 0 aliphatic heterocycles. The van der Waals surface area contributed by atoms with Crippen molar-refractivity contribution in [2.24, 2.45) is 0 Å². The second-order valence-electron chi connectivity index (χ2n) is 4.28. The molecular weight excluding hydrogens is 265 g/mol. The average Bonchev–Trinajstić information content (AvgIpc) is 2.45. The van der Waals surface area contributed by atoms with Crippen molar-refractivity contribution < 1.29 is 14.1 Å². The number of carbonyl (C=O) groups excluding carboxylic acids is 1. The fraction of sp³-hybridized carbons (Fsp3) is 0.385. The maximum absolute atomic E-state index is 13.2. The molecule has 0 bridgehead atoms. The minimum absolute atomic E-state index is 0.0559. The van der Waals surface area contributed by atoms with Crippen molar-refractivity contribution in [3.63, 3.8) is 0 Å². The molecule has 0 fully saturated rings. The van der Waals surface area contributed by atoms with Gasteiger partial charge in [-0.15, -0.1) is 0 Å². The number of nitrogens with one attached hydrogen (secondary N) is 1. The Labute approximate surface area is 115 Å². The molecule has 20 heavy (non-hydrogen) atoms. The smallest absolute Gasteiger partial charge is 0.305 e. The van der Waals surface area contributed by atoms with Crippen molar-refractivity contribution in [1.29, 1.82) is 5.26 Å². The lowest BCUT2D eigenvalue weighted by Gasteiger charge is -2.24. The standard InChI is InChI=1S/C13H14FN3O3/c1-3-13(4-2,8-15)16-12(18)9-5-6-10(14)11(7-9)17(19)20/h5-7H,3-4H2,1-2H3,(H,16,18). The Bertz CT molecular complexity index is 577. The van der Waals surface area contributed by atoms with Crippen LogP contribution in [0.1, 0.15) is 37.0 Å². The Hall–Kier alpha value is -2.49. The van der Waals surface area contributed by atoms with E-state index < -0.39 is 27.9 Å². The van der Waals surface area contributed by atoms with E-state index in [0.29, 0.717) is 12.8 Å². The molecule has 1 aromatic carbocycles. The Morgan fingerprint density at radius 1 is 1.50 bits per heavy atom. The zero-order valence-electron chi connectivity index (χ0n) is 11.1. The highest BCUT2D eigenvalue weighted by Gasteiger charge is 2.29. The molecular formula is C13H14FN3O3. The first-order valence-corrected chi connectivity index (χ1v) is 6.06. The molecule has 0 saturated heterocycles. The summed E-state index contributed by atoms with van der Waals surface area (Å²) in [6.07, 6.45) is 0.796. The van der Waals surface area contributed by atoms with Crippen LogP contribution in [-0.2, 0) is 0 Å². The van der Waals surface area contributed by atoms with Gasteiger partial charge in [0.15, 0.2) is 0 Å². The highest BCUT2D eigenvalue weighted by atomic mass is 19.1. The molecule has 7 heteroatoms. The number of nitro benzene ring substituents is 1. The van der Waals surface area contributed by atoms with Crippen LogP contribution in [-0.4, -0.2) is 16.4 Å². The van der Waals surface area contributed by atoms with Gasteiger partial charge >= 0.3 is 5.69 Å². The lowest BCUT2D eigenvalue weighted by Crippen LogP contribution is -2.46. The Kier molecular flexibility index (Phi) is 4.75. The van der Waals surface area contributed by atoms with E-state index in [1.165, 1.54) is 0 Å². The van der Waals surface area contributed by atoms with E-state index in [-0.39, 0.29) is 5.56 Å². The van der Waals surface area contributed by atoms with E-state index in [1.807, 2.05) is 6.07 Å². The van der Waals surface area contributed by atoms with Gasteiger partial charge in [-0.05, 0) is 25.0 Å². The van der Waals surface area contributed by atoms with Gasteiger partial charge in [-0.3, -0.25) is 14.9 Å². The van der Waals surface area contributed by atoms with E-state index in [9.17, 15) is 19.3 Å². The van der Waals surface area contributed by atoms with Crippen molar-refractivity contribution in [1.82, 2.24) is 5.32 Å². The normalized spacial score (nSPS) is 10.7. The summed E-state index contributed by atoms with van der Waals surface area (Å²) in [7, 11) is 0. The van der Waals surface area contributed by atoms with Crippen LogP contribution in [0, 0.1) is 27.3 Å². The summed E-state index contributed by atoms with van der Waals surface area (Å²) >= 11 is 0. The summed E-state index contributed by atoms with van der Waals surface area (Å²) in [4.78, 5) is 21.7. The Morgan fingerprint density at radius 2 is 2.10 bits per heavy atom. The van der Waals surface area contributed by atoms with E-state index >= 15 is 0 Å². The number of rotatable bonds is 5. The summed E-state index contributed by atoms with van der Waals surface area (Å²) in [5.74, 6) is -1.65. The molecule has 0 atom stereocenters. The SMILES string of the molecule is CCC(C#N)(CC)NC(=O)c1ccc(F)c([N+](=O)[O-])c1. The third-order valence-corrected chi connectivity index (χ3v) is 3.18. The monoisotopic (exact) mass is 279 g/mol. The number of amides is 1. The van der Waals surface area contributed by atoms with Crippen molar-refractivity contribution >= 4 is 11.6 Å². The highest BCUT2D eigenvalue weighted by Crippen LogP contribution is 2.20. The summed E-state index contributed by atoms with van der Waals surface area (Å²) in [6.45, 7) is 3.50. The third kappa shape index (κ3) is 3.09. The minimum atomic E-state index is -1.03. The molecule has 0 aromatic heterocycles. The Morgan fingerprint density at radius 3 is 2.55 bits per heavy atom. The number of nitriles is 1. The van der Waals surface area contributed by atoms with Gasteiger partial charge in [0.05, 0.1) is 11.0 Å². The van der Waals surface area contributed by atoms with E-state index in [4.69, 9.17) is 5.26 Å². The lowest BCUT2D eigenvalue weighted by molar-refractivity contribution is -0.387. The summed E-state index contributed by atoms with van der Waals surface area (Å²) in [5, 5.41) is 22.3. The first-order valence-electron chi connectivity index (χ1n) is 6.06. The molecule has 1 rings (SSSR count). The quantitative estimate of drug-likeness (QED) is 0.661. The van der Waals surface area contributed by atoms with Crippen LogP contribution in [0.25, 0.3) is 0 Å². The summed E-state index contributed by atoms with van der Waals surface area (Å²) in [6, 6.07) is 4.89. The van der Waals surface area contributed by atoms with Crippen LogP contribution in [0.3, 0.4) is 0 Å². The number of benzene rings is 1. The Balaban J connectivity index is 3.08. The van der Waals surface area contributed by atoms with Gasteiger partial charge in [-0.1, -0.05) is 13.8 Å². The molecule has 6 nitrogen and oxygen atoms in total. The fourth-order valence-electron chi connectivity index (χ4n) is 1.70. The number of hydrogen-bond acceptors (Lipinski definition) is 4. The van der Waals surface area contributed by atoms with E-state index in [0.717, 1.165) is 18.2 Å². The van der Waals surface area contributed by atoms with Gasteiger partial charge in [0.2, 0.25) is 5.82 Å². The van der Waals surface area contributed by atoms with Gasteiger partial charge in [-0.2, -0.15) is 9.65 Å². The van der Waals surface area contributed by atoms with Crippen molar-refractivity contribution in [2.45, 2.75) is 32.2 Å². The van der Waals surface area contributed by atoms with Gasteiger partial charge in [-0.25, -0.2) is 0 Å². The zero-order valence-corrected chi connectivity index (χ0v) is 11.1. The maximum Gasteiger partial charge on any atom is 0.305 e. The maximum atomic E-state index is 13.2. The molecule has 0 saturated carbocycles. The number of nitrogens with zero attached hydrogens (tertiary/aromatic N) is 2. The molecule has 0 aliphatic rings. The van der Waals surface area contributed by atoms with Gasteiger partial charge in [0.25, 0.3) is 5.91 Å². The van der Waals surface area contributed by atoms with Crippen LogP contribution >= 0.6 is 0 Å². The van der Waals surface area contributed by atoms with Gasteiger partial charge in [0.1, 0.15) is 5.54 Å². The van der Waals surface area contributed by atoms with Gasteiger partial charge < -0.3 is 5.32 Å². The average molecular weight is 279 g/mol. The lowest BCUT2D eigenvalue weighted by atomic mass is 9.94. The molecule has 0 aliphatic carbocycles. The first kappa shape index (κ1) is 15.6. The predicted octanol–water partition coefficient (Wildman–Crippen LogP) is 2.55. The largest absolute Gasteiger partial charge is 0.334 e. The zero-order chi connectivity index (χ0) is 15.3. The molecule has 106 valence electrons. The second kappa shape index (κ2) is 6.10. The minimum Gasteiger partial charge on any atom is -0.334 e. The molecule has 1 aromatic rings. The van der Waals surface area contributed by atoms with Crippen LogP contribution in [0.5, 0.6) is 0 Å². The van der Waals surface area contributed by atoms with Crippen molar-refractivity contribution in [3.05, 3.63) is 39.7 Å². The molecule has 0 heterocycles. The molecule has 1 amide bonds. The van der Waals surface area contributed by atoms with Crippen LogP contribution in [0.4, 0.5) is 10.1 Å². The van der Waals surface area contributed by atoms with Crippen LogP contribution < -0.4 is 5.32 Å². The summed E-state index contributed by atoms with van der Waals surface area (Å²) in [5.41, 5.74) is -1.85. The molecule has 0 spiro atoms. The molecule has 0 unspecified atom stereocenters. The first-order chi connectivity index (χ1) is 9.39. The number of nitro groups is 1.